The number of amides is 2. The number of para-hydroxylation sites is 1. The van der Waals surface area contributed by atoms with Gasteiger partial charge in [0, 0.05) is 25.2 Å². The molecule has 2 aromatic carbocycles. The van der Waals surface area contributed by atoms with Crippen molar-refractivity contribution in [1.29, 1.82) is 0 Å². The Morgan fingerprint density at radius 3 is 2.50 bits per heavy atom. The Bertz CT molecular complexity index is 744. The highest BCUT2D eigenvalue weighted by Gasteiger charge is 2.34. The van der Waals surface area contributed by atoms with Crippen LogP contribution in [0.5, 0.6) is 11.5 Å². The molecule has 1 heterocycles. The third-order valence-electron chi connectivity index (χ3n) is 4.45. The van der Waals surface area contributed by atoms with Crippen LogP contribution >= 0.6 is 0 Å². The van der Waals surface area contributed by atoms with Crippen LogP contribution in [0.3, 0.4) is 0 Å². The standard InChI is InChI=1S/C21H24N2O3/c1-2-3-13-22-21(25)16-14-20(24)23(15-16)17-9-11-19(12-10-17)26-18-7-5-4-6-8-18/h4-12,16H,2-3,13-15H2,1H3,(H,22,25). The zero-order valence-electron chi connectivity index (χ0n) is 15.0. The van der Waals surface area contributed by atoms with Gasteiger partial charge in [-0.2, -0.15) is 0 Å². The van der Waals surface area contributed by atoms with Crippen molar-refractivity contribution >= 4 is 17.5 Å². The van der Waals surface area contributed by atoms with Crippen molar-refractivity contribution < 1.29 is 14.3 Å². The van der Waals surface area contributed by atoms with Crippen molar-refractivity contribution in [1.82, 2.24) is 5.32 Å². The first kappa shape index (κ1) is 18.0. The molecule has 5 heteroatoms. The predicted molar refractivity (Wildman–Crippen MR) is 101 cm³/mol. The molecular weight excluding hydrogens is 328 g/mol. The van der Waals surface area contributed by atoms with E-state index in [1.54, 1.807) is 4.90 Å². The van der Waals surface area contributed by atoms with Crippen molar-refractivity contribution in [3.8, 4) is 11.5 Å². The van der Waals surface area contributed by atoms with Gasteiger partial charge in [-0.15, -0.1) is 0 Å². The van der Waals surface area contributed by atoms with Gasteiger partial charge in [0.1, 0.15) is 11.5 Å². The minimum Gasteiger partial charge on any atom is -0.457 e. The summed E-state index contributed by atoms with van der Waals surface area (Å²) < 4.78 is 5.77. The predicted octanol–water partition coefficient (Wildman–Crippen LogP) is 3.75. The molecule has 1 fully saturated rings. The van der Waals surface area contributed by atoms with Crippen LogP contribution in [0.15, 0.2) is 54.6 Å². The first-order valence-electron chi connectivity index (χ1n) is 9.08. The average Bonchev–Trinajstić information content (AvgIpc) is 3.05. The Morgan fingerprint density at radius 2 is 1.81 bits per heavy atom. The molecule has 3 rings (SSSR count). The average molecular weight is 352 g/mol. The summed E-state index contributed by atoms with van der Waals surface area (Å²) in [5, 5.41) is 2.92. The van der Waals surface area contributed by atoms with E-state index in [1.807, 2.05) is 54.6 Å². The largest absolute Gasteiger partial charge is 0.457 e. The molecule has 0 saturated carbocycles. The third-order valence-corrected chi connectivity index (χ3v) is 4.45. The lowest BCUT2D eigenvalue weighted by Gasteiger charge is -2.17. The number of hydrogen-bond acceptors (Lipinski definition) is 3. The van der Waals surface area contributed by atoms with E-state index in [-0.39, 0.29) is 24.2 Å². The van der Waals surface area contributed by atoms with Crippen molar-refractivity contribution in [2.45, 2.75) is 26.2 Å². The van der Waals surface area contributed by atoms with Crippen LogP contribution in [0.2, 0.25) is 0 Å². The minimum absolute atomic E-state index is 0.0163. The lowest BCUT2D eigenvalue weighted by Crippen LogP contribution is -2.33. The van der Waals surface area contributed by atoms with E-state index in [2.05, 4.69) is 12.2 Å². The molecule has 136 valence electrons. The van der Waals surface area contributed by atoms with E-state index in [9.17, 15) is 9.59 Å². The fraction of sp³-hybridized carbons (Fsp3) is 0.333. The number of nitrogens with zero attached hydrogens (tertiary/aromatic N) is 1. The van der Waals surface area contributed by atoms with E-state index < -0.39 is 0 Å². The highest BCUT2D eigenvalue weighted by atomic mass is 16.5. The number of nitrogens with one attached hydrogen (secondary N) is 1. The summed E-state index contributed by atoms with van der Waals surface area (Å²) in [6.45, 7) is 3.18. The SMILES string of the molecule is CCCCNC(=O)C1CC(=O)N(c2ccc(Oc3ccccc3)cc2)C1. The third kappa shape index (κ3) is 4.42. The molecule has 0 aromatic heterocycles. The summed E-state index contributed by atoms with van der Waals surface area (Å²) in [5.41, 5.74) is 0.791. The Balaban J connectivity index is 1.60. The number of rotatable bonds is 7. The summed E-state index contributed by atoms with van der Waals surface area (Å²) in [6.07, 6.45) is 2.26. The number of carbonyl (C=O) groups is 2. The molecule has 2 aromatic rings. The number of anilines is 1. The van der Waals surface area contributed by atoms with Gasteiger partial charge in [0.25, 0.3) is 0 Å². The molecule has 2 amide bonds. The highest BCUT2D eigenvalue weighted by Crippen LogP contribution is 2.28. The molecule has 0 radical (unpaired) electrons. The fourth-order valence-corrected chi connectivity index (χ4v) is 2.98. The summed E-state index contributed by atoms with van der Waals surface area (Å²) in [4.78, 5) is 26.2. The number of ether oxygens (including phenoxy) is 1. The number of carbonyl (C=O) groups excluding carboxylic acids is 2. The van der Waals surface area contributed by atoms with Gasteiger partial charge >= 0.3 is 0 Å². The van der Waals surface area contributed by atoms with Crippen molar-refractivity contribution in [2.75, 3.05) is 18.0 Å². The smallest absolute Gasteiger partial charge is 0.227 e. The Kier molecular flexibility index (Phi) is 5.89. The topological polar surface area (TPSA) is 58.6 Å². The molecule has 26 heavy (non-hydrogen) atoms. The summed E-state index contributed by atoms with van der Waals surface area (Å²) in [7, 11) is 0. The summed E-state index contributed by atoms with van der Waals surface area (Å²) in [6, 6.07) is 16.9. The zero-order chi connectivity index (χ0) is 18.4. The maximum absolute atomic E-state index is 12.3. The van der Waals surface area contributed by atoms with Gasteiger partial charge in [-0.25, -0.2) is 0 Å². The van der Waals surface area contributed by atoms with E-state index in [0.717, 1.165) is 24.3 Å². The van der Waals surface area contributed by atoms with Crippen molar-refractivity contribution in [3.05, 3.63) is 54.6 Å². The van der Waals surface area contributed by atoms with Gasteiger partial charge in [-0.05, 0) is 42.8 Å². The van der Waals surface area contributed by atoms with Crippen LogP contribution in [0, 0.1) is 5.92 Å². The van der Waals surface area contributed by atoms with Crippen LogP contribution in [0.4, 0.5) is 5.69 Å². The van der Waals surface area contributed by atoms with Crippen LogP contribution in [-0.4, -0.2) is 24.9 Å². The number of unbranched alkanes of at least 4 members (excludes halogenated alkanes) is 1. The second-order valence-electron chi connectivity index (χ2n) is 6.46. The van der Waals surface area contributed by atoms with Gasteiger partial charge < -0.3 is 15.0 Å². The van der Waals surface area contributed by atoms with E-state index in [4.69, 9.17) is 4.74 Å². The van der Waals surface area contributed by atoms with Gasteiger partial charge in [0.15, 0.2) is 0 Å². The van der Waals surface area contributed by atoms with Crippen LogP contribution in [0.1, 0.15) is 26.2 Å². The zero-order valence-corrected chi connectivity index (χ0v) is 15.0. The fourth-order valence-electron chi connectivity index (χ4n) is 2.98. The van der Waals surface area contributed by atoms with Crippen molar-refractivity contribution in [2.24, 2.45) is 5.92 Å². The van der Waals surface area contributed by atoms with E-state index in [0.29, 0.717) is 18.8 Å². The molecule has 1 N–H and O–H groups in total. The molecular formula is C21H24N2O3. The molecule has 5 nitrogen and oxygen atoms in total. The van der Waals surface area contributed by atoms with Gasteiger partial charge in [-0.1, -0.05) is 31.5 Å². The van der Waals surface area contributed by atoms with Gasteiger partial charge in [0.2, 0.25) is 11.8 Å². The Labute approximate surface area is 154 Å². The molecule has 1 aliphatic rings. The lowest BCUT2D eigenvalue weighted by atomic mass is 10.1. The van der Waals surface area contributed by atoms with Crippen LogP contribution in [-0.2, 0) is 9.59 Å². The van der Waals surface area contributed by atoms with Crippen LogP contribution < -0.4 is 15.0 Å². The Morgan fingerprint density at radius 1 is 1.12 bits per heavy atom. The van der Waals surface area contributed by atoms with Crippen LogP contribution in [0.25, 0.3) is 0 Å². The molecule has 1 unspecified atom stereocenters. The molecule has 1 saturated heterocycles. The molecule has 0 spiro atoms. The summed E-state index contributed by atoms with van der Waals surface area (Å²) >= 11 is 0. The quantitative estimate of drug-likeness (QED) is 0.772. The van der Waals surface area contributed by atoms with Gasteiger partial charge in [0.05, 0.1) is 5.92 Å². The maximum Gasteiger partial charge on any atom is 0.227 e. The normalized spacial score (nSPS) is 16.6. The lowest BCUT2D eigenvalue weighted by molar-refractivity contribution is -0.126. The molecule has 0 aliphatic carbocycles. The summed E-state index contributed by atoms with van der Waals surface area (Å²) in [5.74, 6) is 1.15. The van der Waals surface area contributed by atoms with E-state index in [1.165, 1.54) is 0 Å². The second-order valence-corrected chi connectivity index (χ2v) is 6.46. The monoisotopic (exact) mass is 352 g/mol. The van der Waals surface area contributed by atoms with Gasteiger partial charge in [-0.3, -0.25) is 9.59 Å². The second kappa shape index (κ2) is 8.52. The number of hydrogen-bond donors (Lipinski definition) is 1. The van der Waals surface area contributed by atoms with Crippen molar-refractivity contribution in [3.63, 3.8) is 0 Å². The molecule has 1 aliphatic heterocycles. The highest BCUT2D eigenvalue weighted by molar-refractivity contribution is 6.00. The molecule has 0 bridgehead atoms. The van der Waals surface area contributed by atoms with E-state index >= 15 is 0 Å². The minimum atomic E-state index is -0.278. The first-order valence-corrected chi connectivity index (χ1v) is 9.08. The maximum atomic E-state index is 12.3. The molecule has 1 atom stereocenters. The number of benzene rings is 2. The first-order chi connectivity index (χ1) is 12.7. The Hall–Kier alpha value is -2.82.